The Morgan fingerprint density at radius 3 is 2.59 bits per heavy atom. The van der Waals surface area contributed by atoms with E-state index in [1.54, 1.807) is 55.6 Å². The molecule has 0 aromatic heterocycles. The second-order valence-electron chi connectivity index (χ2n) is 4.44. The highest BCUT2D eigenvalue weighted by Crippen LogP contribution is 2.24. The van der Waals surface area contributed by atoms with E-state index >= 15 is 0 Å². The number of nitrogens with two attached hydrogens (primary N) is 1. The first-order chi connectivity index (χ1) is 10.6. The molecule has 6 heteroatoms. The third-order valence-corrected chi connectivity index (χ3v) is 3.08. The van der Waals surface area contributed by atoms with Crippen molar-refractivity contribution in [1.82, 2.24) is 5.32 Å². The van der Waals surface area contributed by atoms with Crippen LogP contribution in [0.25, 0.3) is 0 Å². The number of amidine groups is 1. The Bertz CT molecular complexity index is 684. The van der Waals surface area contributed by atoms with E-state index in [4.69, 9.17) is 22.1 Å². The molecule has 2 aromatic carbocycles. The lowest BCUT2D eigenvalue weighted by Gasteiger charge is -2.07. The predicted octanol–water partition coefficient (Wildman–Crippen LogP) is 3.07. The molecule has 0 fully saturated rings. The van der Waals surface area contributed by atoms with Crippen molar-refractivity contribution in [2.45, 2.75) is 0 Å². The molecule has 0 aliphatic rings. The van der Waals surface area contributed by atoms with Crippen molar-refractivity contribution in [1.29, 1.82) is 0 Å². The number of carbonyl (C=O) groups excluding carboxylic acids is 1. The summed E-state index contributed by atoms with van der Waals surface area (Å²) in [6.45, 7) is 0. The number of halogens is 1. The number of ether oxygens (including phenoxy) is 1. The summed E-state index contributed by atoms with van der Waals surface area (Å²) in [5.74, 6) is 1.60. The number of amides is 1. The smallest absolute Gasteiger partial charge is 0.251 e. The highest BCUT2D eigenvalue weighted by atomic mass is 35.5. The minimum atomic E-state index is -0.160. The lowest BCUT2D eigenvalue weighted by Crippen LogP contribution is -2.17. The lowest BCUT2D eigenvalue weighted by molar-refractivity contribution is 0.0963. The van der Waals surface area contributed by atoms with Crippen molar-refractivity contribution in [3.63, 3.8) is 0 Å². The van der Waals surface area contributed by atoms with Gasteiger partial charge in [0.15, 0.2) is 0 Å². The van der Waals surface area contributed by atoms with Gasteiger partial charge in [0.2, 0.25) is 0 Å². The molecule has 0 unspecified atom stereocenters. The van der Waals surface area contributed by atoms with Crippen LogP contribution in [0, 0.1) is 0 Å². The van der Waals surface area contributed by atoms with Gasteiger partial charge >= 0.3 is 0 Å². The Morgan fingerprint density at radius 2 is 1.95 bits per heavy atom. The van der Waals surface area contributed by atoms with Gasteiger partial charge in [-0.25, -0.2) is 4.99 Å². The van der Waals surface area contributed by atoms with E-state index in [0.29, 0.717) is 28.6 Å². The van der Waals surface area contributed by atoms with Crippen LogP contribution in [-0.2, 0) is 0 Å². The van der Waals surface area contributed by atoms with Crippen LogP contribution in [0.4, 0.5) is 5.69 Å². The fourth-order valence-electron chi connectivity index (χ4n) is 1.77. The van der Waals surface area contributed by atoms with Gasteiger partial charge in [-0.3, -0.25) is 4.79 Å². The van der Waals surface area contributed by atoms with Crippen LogP contribution in [0.5, 0.6) is 11.5 Å². The van der Waals surface area contributed by atoms with Crippen LogP contribution in [0.1, 0.15) is 10.4 Å². The fraction of sp³-hybridized carbons (Fsp3) is 0.125. The van der Waals surface area contributed by atoms with E-state index in [1.165, 1.54) is 0 Å². The molecule has 22 heavy (non-hydrogen) atoms. The van der Waals surface area contributed by atoms with Crippen LogP contribution in [0.15, 0.2) is 53.5 Å². The molecule has 0 saturated heterocycles. The Labute approximate surface area is 133 Å². The number of hydrogen-bond acceptors (Lipinski definition) is 3. The average molecular weight is 318 g/mol. The highest BCUT2D eigenvalue weighted by molar-refractivity contribution is 6.28. The lowest BCUT2D eigenvalue weighted by atomic mass is 10.2. The molecule has 0 heterocycles. The number of carbonyl (C=O) groups is 1. The summed E-state index contributed by atoms with van der Waals surface area (Å²) in [4.78, 5) is 15.7. The van der Waals surface area contributed by atoms with Gasteiger partial charge in [-0.15, -0.1) is 11.6 Å². The first-order valence-corrected chi connectivity index (χ1v) is 7.15. The summed E-state index contributed by atoms with van der Waals surface area (Å²) in [6.07, 6.45) is 0. The van der Waals surface area contributed by atoms with Gasteiger partial charge < -0.3 is 15.8 Å². The van der Waals surface area contributed by atoms with E-state index in [9.17, 15) is 4.79 Å². The first-order valence-electron chi connectivity index (χ1n) is 6.61. The molecule has 0 saturated carbocycles. The maximum absolute atomic E-state index is 11.6. The normalized spacial score (nSPS) is 11.1. The number of rotatable bonds is 5. The van der Waals surface area contributed by atoms with Gasteiger partial charge in [0, 0.05) is 12.6 Å². The number of nitrogens with zero attached hydrogens (tertiary/aromatic N) is 1. The van der Waals surface area contributed by atoms with E-state index < -0.39 is 0 Å². The molecule has 0 aliphatic heterocycles. The van der Waals surface area contributed by atoms with Crippen LogP contribution in [-0.4, -0.2) is 24.7 Å². The molecule has 2 rings (SSSR count). The Hall–Kier alpha value is -2.53. The third-order valence-electron chi connectivity index (χ3n) is 2.81. The average Bonchev–Trinajstić information content (AvgIpc) is 2.56. The molecule has 2 aromatic rings. The standard InChI is InChI=1S/C16H16ClN3O2/c1-19-16(21)11-3-2-4-14(9-11)22-13-7-5-12(6-8-13)20-15(18)10-17/h2-9H,10H2,1H3,(H2,18,20)(H,19,21). The number of aliphatic imine (C=N–C) groups is 1. The molecule has 5 nitrogen and oxygen atoms in total. The predicted molar refractivity (Wildman–Crippen MR) is 88.4 cm³/mol. The molecule has 0 spiro atoms. The van der Waals surface area contributed by atoms with Crippen molar-refractivity contribution in [3.05, 3.63) is 54.1 Å². The SMILES string of the molecule is CNC(=O)c1cccc(Oc2ccc(N=C(N)CCl)cc2)c1. The van der Waals surface area contributed by atoms with E-state index in [-0.39, 0.29) is 11.8 Å². The molecule has 1 amide bonds. The molecule has 0 atom stereocenters. The number of nitrogens with one attached hydrogen (secondary N) is 1. The number of hydrogen-bond donors (Lipinski definition) is 2. The molecule has 0 aliphatic carbocycles. The molecule has 114 valence electrons. The van der Waals surface area contributed by atoms with Gasteiger partial charge in [-0.1, -0.05) is 6.07 Å². The maximum Gasteiger partial charge on any atom is 0.251 e. The highest BCUT2D eigenvalue weighted by Gasteiger charge is 2.05. The van der Waals surface area contributed by atoms with Crippen molar-refractivity contribution < 1.29 is 9.53 Å². The summed E-state index contributed by atoms with van der Waals surface area (Å²) in [7, 11) is 1.58. The topological polar surface area (TPSA) is 76.7 Å². The molecule has 3 N–H and O–H groups in total. The monoisotopic (exact) mass is 317 g/mol. The summed E-state index contributed by atoms with van der Waals surface area (Å²) in [6, 6.07) is 14.0. The minimum absolute atomic E-state index is 0.160. The Kier molecular flexibility index (Phi) is 5.38. The summed E-state index contributed by atoms with van der Waals surface area (Å²) in [5, 5.41) is 2.57. The number of benzene rings is 2. The van der Waals surface area contributed by atoms with Gasteiger partial charge in [-0.05, 0) is 42.5 Å². The second kappa shape index (κ2) is 7.47. The van der Waals surface area contributed by atoms with Crippen molar-refractivity contribution >= 4 is 29.0 Å². The first kappa shape index (κ1) is 15.9. The molecule has 0 bridgehead atoms. The zero-order valence-electron chi connectivity index (χ0n) is 12.0. The summed E-state index contributed by atoms with van der Waals surface area (Å²) < 4.78 is 5.71. The van der Waals surface area contributed by atoms with Crippen molar-refractivity contribution in [2.75, 3.05) is 12.9 Å². The Balaban J connectivity index is 2.12. The summed E-state index contributed by atoms with van der Waals surface area (Å²) >= 11 is 5.58. The van der Waals surface area contributed by atoms with E-state index in [2.05, 4.69) is 10.3 Å². The van der Waals surface area contributed by atoms with Crippen LogP contribution in [0.3, 0.4) is 0 Å². The van der Waals surface area contributed by atoms with E-state index in [1.807, 2.05) is 0 Å². The van der Waals surface area contributed by atoms with Crippen molar-refractivity contribution in [3.8, 4) is 11.5 Å². The maximum atomic E-state index is 11.6. The van der Waals surface area contributed by atoms with Gasteiger partial charge in [0.25, 0.3) is 5.91 Å². The summed E-state index contributed by atoms with van der Waals surface area (Å²) in [5.41, 5.74) is 6.81. The fourth-order valence-corrected chi connectivity index (χ4v) is 1.83. The molecule has 0 radical (unpaired) electrons. The Morgan fingerprint density at radius 1 is 1.23 bits per heavy atom. The zero-order valence-corrected chi connectivity index (χ0v) is 12.8. The number of alkyl halides is 1. The third kappa shape index (κ3) is 4.23. The zero-order chi connectivity index (χ0) is 15.9. The van der Waals surface area contributed by atoms with Crippen LogP contribution >= 0.6 is 11.6 Å². The largest absolute Gasteiger partial charge is 0.457 e. The molecular weight excluding hydrogens is 302 g/mol. The molecular formula is C16H16ClN3O2. The second-order valence-corrected chi connectivity index (χ2v) is 4.71. The quantitative estimate of drug-likeness (QED) is 0.505. The van der Waals surface area contributed by atoms with Crippen LogP contribution < -0.4 is 15.8 Å². The van der Waals surface area contributed by atoms with Crippen LogP contribution in [0.2, 0.25) is 0 Å². The van der Waals surface area contributed by atoms with Crippen molar-refractivity contribution in [2.24, 2.45) is 10.7 Å². The van der Waals surface area contributed by atoms with E-state index in [0.717, 1.165) is 0 Å². The minimum Gasteiger partial charge on any atom is -0.457 e. The van der Waals surface area contributed by atoms with Gasteiger partial charge in [-0.2, -0.15) is 0 Å². The van der Waals surface area contributed by atoms with Gasteiger partial charge in [0.05, 0.1) is 11.6 Å². The van der Waals surface area contributed by atoms with Gasteiger partial charge in [0.1, 0.15) is 17.3 Å².